The molecule has 4 heteroatoms. The molecule has 1 saturated carbocycles. The van der Waals surface area contributed by atoms with Gasteiger partial charge in [-0.25, -0.2) is 4.98 Å². The molecule has 2 aliphatic rings. The van der Waals surface area contributed by atoms with E-state index in [2.05, 4.69) is 10.7 Å². The van der Waals surface area contributed by atoms with Gasteiger partial charge in [0, 0.05) is 37.9 Å². The molecule has 82 valence electrons. The van der Waals surface area contributed by atoms with Crippen molar-refractivity contribution in [2.45, 2.75) is 30.8 Å². The fourth-order valence-electron chi connectivity index (χ4n) is 2.00. The molecule has 0 radical (unpaired) electrons. The van der Waals surface area contributed by atoms with Crippen molar-refractivity contribution in [3.8, 4) is 0 Å². The summed E-state index contributed by atoms with van der Waals surface area (Å²) in [5, 5.41) is 6.80. The number of rotatable bonds is 4. The fourth-order valence-corrected chi connectivity index (χ4v) is 2.99. The van der Waals surface area contributed by atoms with Crippen molar-refractivity contribution >= 4 is 11.3 Å². The van der Waals surface area contributed by atoms with Crippen molar-refractivity contribution in [3.63, 3.8) is 0 Å². The predicted molar refractivity (Wildman–Crippen MR) is 60.4 cm³/mol. The molecule has 0 amide bonds. The first-order chi connectivity index (χ1) is 7.31. The molecule has 0 bridgehead atoms. The van der Waals surface area contributed by atoms with E-state index in [4.69, 9.17) is 9.72 Å². The van der Waals surface area contributed by atoms with Gasteiger partial charge in [-0.15, -0.1) is 11.3 Å². The van der Waals surface area contributed by atoms with Crippen molar-refractivity contribution in [2.75, 3.05) is 20.2 Å². The highest BCUT2D eigenvalue weighted by Crippen LogP contribution is 2.41. The van der Waals surface area contributed by atoms with Crippen molar-refractivity contribution < 1.29 is 4.74 Å². The first-order valence-corrected chi connectivity index (χ1v) is 6.39. The third-order valence-corrected chi connectivity index (χ3v) is 4.38. The maximum atomic E-state index is 5.57. The molecule has 1 aliphatic carbocycles. The van der Waals surface area contributed by atoms with Gasteiger partial charge < -0.3 is 10.1 Å². The van der Waals surface area contributed by atoms with Crippen molar-refractivity contribution in [1.82, 2.24) is 10.3 Å². The van der Waals surface area contributed by atoms with E-state index in [1.807, 2.05) is 11.3 Å². The Balaban J connectivity index is 1.70. The number of nitrogens with one attached hydrogen (secondary N) is 1. The Bertz CT molecular complexity index is 350. The summed E-state index contributed by atoms with van der Waals surface area (Å²) in [7, 11) is 1.80. The Kier molecular flexibility index (Phi) is 2.30. The molecule has 3 nitrogen and oxygen atoms in total. The van der Waals surface area contributed by atoms with E-state index in [9.17, 15) is 0 Å². The summed E-state index contributed by atoms with van der Waals surface area (Å²) in [6.45, 7) is 1.92. The normalized spacial score (nSPS) is 23.8. The van der Waals surface area contributed by atoms with Crippen LogP contribution in [0.5, 0.6) is 0 Å². The van der Waals surface area contributed by atoms with Gasteiger partial charge in [0.2, 0.25) is 0 Å². The minimum absolute atomic E-state index is 0.0227. The van der Waals surface area contributed by atoms with Gasteiger partial charge in [-0.2, -0.15) is 0 Å². The van der Waals surface area contributed by atoms with Crippen LogP contribution >= 0.6 is 11.3 Å². The molecule has 2 heterocycles. The number of aromatic nitrogens is 1. The molecule has 0 spiro atoms. The second-order valence-electron chi connectivity index (χ2n) is 4.62. The molecule has 1 N–H and O–H groups in total. The minimum Gasteiger partial charge on any atom is -0.375 e. The van der Waals surface area contributed by atoms with Crippen LogP contribution in [0.3, 0.4) is 0 Å². The Morgan fingerprint density at radius 1 is 1.60 bits per heavy atom. The summed E-state index contributed by atoms with van der Waals surface area (Å²) in [6.07, 6.45) is 3.63. The van der Waals surface area contributed by atoms with E-state index in [1.165, 1.54) is 23.5 Å². The third-order valence-electron chi connectivity index (χ3n) is 3.33. The number of nitrogens with zero attached hydrogens (tertiary/aromatic N) is 1. The molecular formula is C11H16N2OS. The van der Waals surface area contributed by atoms with Crippen LogP contribution in [-0.2, 0) is 11.2 Å². The van der Waals surface area contributed by atoms with Gasteiger partial charge in [0.1, 0.15) is 0 Å². The highest BCUT2D eigenvalue weighted by molar-refractivity contribution is 7.09. The lowest BCUT2D eigenvalue weighted by Crippen LogP contribution is -2.61. The number of methoxy groups -OCH3 is 1. The van der Waals surface area contributed by atoms with Crippen LogP contribution in [0.15, 0.2) is 5.38 Å². The predicted octanol–water partition coefficient (Wildman–Crippen LogP) is 1.55. The van der Waals surface area contributed by atoms with E-state index in [1.54, 1.807) is 7.11 Å². The second-order valence-corrected chi connectivity index (χ2v) is 5.51. The van der Waals surface area contributed by atoms with Crippen LogP contribution in [-0.4, -0.2) is 30.8 Å². The van der Waals surface area contributed by atoms with Crippen molar-refractivity contribution in [1.29, 1.82) is 0 Å². The minimum atomic E-state index is 0.0227. The summed E-state index contributed by atoms with van der Waals surface area (Å²) >= 11 is 1.82. The molecule has 1 saturated heterocycles. The summed E-state index contributed by atoms with van der Waals surface area (Å²) < 4.78 is 5.57. The zero-order valence-electron chi connectivity index (χ0n) is 8.95. The zero-order valence-corrected chi connectivity index (χ0v) is 9.77. The SMILES string of the molecule is COC1(Cc2csc(C3CC3)n2)CNC1. The Hall–Kier alpha value is -0.450. The van der Waals surface area contributed by atoms with Crippen LogP contribution in [0.1, 0.15) is 29.5 Å². The molecule has 0 atom stereocenters. The summed E-state index contributed by atoms with van der Waals surface area (Å²) in [5.74, 6) is 0.779. The highest BCUT2D eigenvalue weighted by Gasteiger charge is 2.38. The zero-order chi connectivity index (χ0) is 10.3. The number of thiazole rings is 1. The van der Waals surface area contributed by atoms with Gasteiger partial charge in [0.05, 0.1) is 16.3 Å². The van der Waals surface area contributed by atoms with Crippen molar-refractivity contribution in [3.05, 3.63) is 16.1 Å². The van der Waals surface area contributed by atoms with Gasteiger partial charge >= 0.3 is 0 Å². The maximum absolute atomic E-state index is 5.57. The summed E-state index contributed by atoms with van der Waals surface area (Å²) in [6, 6.07) is 0. The van der Waals surface area contributed by atoms with Gasteiger partial charge in [0.15, 0.2) is 0 Å². The lowest BCUT2D eigenvalue weighted by molar-refractivity contribution is -0.0508. The Labute approximate surface area is 93.9 Å². The Morgan fingerprint density at radius 3 is 2.93 bits per heavy atom. The van der Waals surface area contributed by atoms with Crippen LogP contribution in [0.4, 0.5) is 0 Å². The van der Waals surface area contributed by atoms with E-state index in [0.29, 0.717) is 0 Å². The highest BCUT2D eigenvalue weighted by atomic mass is 32.1. The second kappa shape index (κ2) is 3.54. The smallest absolute Gasteiger partial charge is 0.0981 e. The van der Waals surface area contributed by atoms with E-state index in [-0.39, 0.29) is 5.60 Å². The Morgan fingerprint density at radius 2 is 2.40 bits per heavy atom. The van der Waals surface area contributed by atoms with E-state index < -0.39 is 0 Å². The van der Waals surface area contributed by atoms with E-state index in [0.717, 1.165) is 25.4 Å². The molecule has 15 heavy (non-hydrogen) atoms. The molecule has 0 unspecified atom stereocenters. The molecule has 1 aliphatic heterocycles. The first kappa shape index (κ1) is 9.75. The van der Waals surface area contributed by atoms with Crippen LogP contribution in [0.25, 0.3) is 0 Å². The fraction of sp³-hybridized carbons (Fsp3) is 0.727. The van der Waals surface area contributed by atoms with E-state index >= 15 is 0 Å². The average molecular weight is 224 g/mol. The molecule has 1 aromatic rings. The van der Waals surface area contributed by atoms with Crippen LogP contribution in [0.2, 0.25) is 0 Å². The standard InChI is InChI=1S/C11H16N2OS/c1-14-11(6-12-7-11)4-9-5-15-10(13-9)8-2-3-8/h5,8,12H,2-4,6-7H2,1H3. The average Bonchev–Trinajstić information content (AvgIpc) is 2.94. The van der Waals surface area contributed by atoms with Gasteiger partial charge in [0.25, 0.3) is 0 Å². The maximum Gasteiger partial charge on any atom is 0.0981 e. The number of hydrogen-bond donors (Lipinski definition) is 1. The largest absolute Gasteiger partial charge is 0.375 e. The number of ether oxygens (including phenoxy) is 1. The van der Waals surface area contributed by atoms with Crippen LogP contribution in [0, 0.1) is 0 Å². The molecule has 0 aromatic carbocycles. The number of hydrogen-bond acceptors (Lipinski definition) is 4. The molecule has 2 fully saturated rings. The summed E-state index contributed by atoms with van der Waals surface area (Å²) in [4.78, 5) is 4.70. The topological polar surface area (TPSA) is 34.1 Å². The lowest BCUT2D eigenvalue weighted by Gasteiger charge is -2.40. The van der Waals surface area contributed by atoms with Gasteiger partial charge in [-0.05, 0) is 12.8 Å². The third kappa shape index (κ3) is 1.82. The quantitative estimate of drug-likeness (QED) is 0.842. The molecule has 1 aromatic heterocycles. The molecule has 3 rings (SSSR count). The summed E-state index contributed by atoms with van der Waals surface area (Å²) in [5.41, 5.74) is 1.24. The molecular weight excluding hydrogens is 208 g/mol. The van der Waals surface area contributed by atoms with Crippen LogP contribution < -0.4 is 5.32 Å². The first-order valence-electron chi connectivity index (χ1n) is 5.51. The van der Waals surface area contributed by atoms with Gasteiger partial charge in [-0.1, -0.05) is 0 Å². The van der Waals surface area contributed by atoms with Gasteiger partial charge in [-0.3, -0.25) is 0 Å². The lowest BCUT2D eigenvalue weighted by atomic mass is 9.91. The van der Waals surface area contributed by atoms with Crippen molar-refractivity contribution in [2.24, 2.45) is 0 Å². The monoisotopic (exact) mass is 224 g/mol.